The molecular formula is C6H13ClFNO2. The van der Waals surface area contributed by atoms with Gasteiger partial charge in [0.15, 0.2) is 0 Å². The summed E-state index contributed by atoms with van der Waals surface area (Å²) in [7, 11) is 1.29. The topological polar surface area (TPSA) is 52.3 Å². The number of alkyl halides is 1. The largest absolute Gasteiger partial charge is 0.469 e. The standard InChI is InChI=1S/C6H12FNO2.ClH/c1-10-6(9)3-2-5(8)4-7;/h5H,2-4,8H2,1H3;1H. The van der Waals surface area contributed by atoms with Gasteiger partial charge in [0, 0.05) is 12.5 Å². The molecule has 2 N–H and O–H groups in total. The second-order valence-corrected chi connectivity index (χ2v) is 2.03. The molecule has 3 nitrogen and oxygen atoms in total. The van der Waals surface area contributed by atoms with E-state index in [1.807, 2.05) is 0 Å². The minimum Gasteiger partial charge on any atom is -0.469 e. The molecule has 1 unspecified atom stereocenters. The van der Waals surface area contributed by atoms with Gasteiger partial charge in [-0.1, -0.05) is 0 Å². The summed E-state index contributed by atoms with van der Waals surface area (Å²) in [6.07, 6.45) is 0.546. The number of esters is 1. The molecule has 0 aliphatic rings. The van der Waals surface area contributed by atoms with E-state index >= 15 is 0 Å². The lowest BCUT2D eigenvalue weighted by Crippen LogP contribution is -2.23. The van der Waals surface area contributed by atoms with Crippen LogP contribution in [-0.4, -0.2) is 25.8 Å². The van der Waals surface area contributed by atoms with Gasteiger partial charge in [0.25, 0.3) is 0 Å². The zero-order chi connectivity index (χ0) is 7.98. The Kier molecular flexibility index (Phi) is 9.34. The fourth-order valence-electron chi connectivity index (χ4n) is 0.482. The molecule has 11 heavy (non-hydrogen) atoms. The highest BCUT2D eigenvalue weighted by Crippen LogP contribution is 1.96. The molecule has 0 bridgehead atoms. The summed E-state index contributed by atoms with van der Waals surface area (Å²) in [5.74, 6) is -0.344. The number of nitrogens with two attached hydrogens (primary N) is 1. The maximum atomic E-state index is 11.7. The van der Waals surface area contributed by atoms with E-state index in [1.54, 1.807) is 0 Å². The summed E-state index contributed by atoms with van der Waals surface area (Å²) >= 11 is 0. The monoisotopic (exact) mass is 185 g/mol. The summed E-state index contributed by atoms with van der Waals surface area (Å²) < 4.78 is 16.0. The van der Waals surface area contributed by atoms with Crippen molar-refractivity contribution in [2.75, 3.05) is 13.8 Å². The van der Waals surface area contributed by atoms with E-state index in [4.69, 9.17) is 5.73 Å². The second kappa shape index (κ2) is 7.75. The van der Waals surface area contributed by atoms with E-state index in [-0.39, 0.29) is 24.8 Å². The van der Waals surface area contributed by atoms with Crippen molar-refractivity contribution in [1.29, 1.82) is 0 Å². The minimum absolute atomic E-state index is 0. The molecule has 1 atom stereocenters. The Morgan fingerprint density at radius 1 is 1.73 bits per heavy atom. The predicted molar refractivity (Wildman–Crippen MR) is 42.4 cm³/mol. The normalized spacial score (nSPS) is 11.5. The van der Waals surface area contributed by atoms with E-state index in [2.05, 4.69) is 4.74 Å². The maximum absolute atomic E-state index is 11.7. The third-order valence-electron chi connectivity index (χ3n) is 1.15. The molecule has 0 saturated heterocycles. The molecule has 0 aliphatic carbocycles. The molecule has 0 aliphatic heterocycles. The number of carbonyl (C=O) groups excluding carboxylic acids is 1. The van der Waals surface area contributed by atoms with Gasteiger partial charge in [-0.05, 0) is 6.42 Å². The van der Waals surface area contributed by atoms with Crippen molar-refractivity contribution in [2.24, 2.45) is 5.73 Å². The molecule has 0 heterocycles. The van der Waals surface area contributed by atoms with Crippen molar-refractivity contribution < 1.29 is 13.9 Å². The summed E-state index contributed by atoms with van der Waals surface area (Å²) in [4.78, 5) is 10.4. The van der Waals surface area contributed by atoms with Crippen molar-refractivity contribution >= 4 is 18.4 Å². The number of carbonyl (C=O) groups is 1. The van der Waals surface area contributed by atoms with Crippen LogP contribution in [0.1, 0.15) is 12.8 Å². The molecule has 0 radical (unpaired) electrons. The first-order chi connectivity index (χ1) is 4.70. The first kappa shape index (κ1) is 13.3. The molecule has 0 saturated carbocycles. The SMILES string of the molecule is COC(=O)CCC(N)CF.Cl. The van der Waals surface area contributed by atoms with Crippen LogP contribution in [0.3, 0.4) is 0 Å². The zero-order valence-electron chi connectivity index (χ0n) is 6.38. The van der Waals surface area contributed by atoms with Crippen molar-refractivity contribution in [3.05, 3.63) is 0 Å². The molecule has 0 aromatic rings. The molecule has 0 spiro atoms. The van der Waals surface area contributed by atoms with Crippen LogP contribution in [0.15, 0.2) is 0 Å². The van der Waals surface area contributed by atoms with Crippen LogP contribution in [0.4, 0.5) is 4.39 Å². The Hall–Kier alpha value is -0.350. The fraction of sp³-hybridized carbons (Fsp3) is 0.833. The van der Waals surface area contributed by atoms with Gasteiger partial charge in [0.1, 0.15) is 6.67 Å². The summed E-state index contributed by atoms with van der Waals surface area (Å²) in [6, 6.07) is -0.529. The summed E-state index contributed by atoms with van der Waals surface area (Å²) in [6.45, 7) is -0.586. The van der Waals surface area contributed by atoms with Crippen molar-refractivity contribution in [3.8, 4) is 0 Å². The van der Waals surface area contributed by atoms with Gasteiger partial charge >= 0.3 is 5.97 Å². The second-order valence-electron chi connectivity index (χ2n) is 2.03. The molecule has 0 amide bonds. The van der Waals surface area contributed by atoms with Gasteiger partial charge in [-0.25, -0.2) is 4.39 Å². The van der Waals surface area contributed by atoms with E-state index in [0.29, 0.717) is 6.42 Å². The maximum Gasteiger partial charge on any atom is 0.305 e. The number of ether oxygens (including phenoxy) is 1. The van der Waals surface area contributed by atoms with Gasteiger partial charge < -0.3 is 10.5 Å². The predicted octanol–water partition coefficient (Wildman–Crippen LogP) is 0.658. The van der Waals surface area contributed by atoms with Crippen LogP contribution >= 0.6 is 12.4 Å². The Balaban J connectivity index is 0. The zero-order valence-corrected chi connectivity index (χ0v) is 7.20. The summed E-state index contributed by atoms with van der Waals surface area (Å²) in [5.41, 5.74) is 5.19. The lowest BCUT2D eigenvalue weighted by molar-refractivity contribution is -0.140. The number of rotatable bonds is 4. The average Bonchev–Trinajstić information content (AvgIpc) is 1.99. The van der Waals surface area contributed by atoms with Crippen LogP contribution in [0.2, 0.25) is 0 Å². The van der Waals surface area contributed by atoms with Crippen molar-refractivity contribution in [2.45, 2.75) is 18.9 Å². The Labute approximate surface area is 71.5 Å². The van der Waals surface area contributed by atoms with Crippen LogP contribution in [-0.2, 0) is 9.53 Å². The van der Waals surface area contributed by atoms with E-state index < -0.39 is 12.7 Å². The van der Waals surface area contributed by atoms with Gasteiger partial charge in [-0.3, -0.25) is 4.79 Å². The lowest BCUT2D eigenvalue weighted by atomic mass is 10.2. The van der Waals surface area contributed by atoms with Crippen LogP contribution in [0.25, 0.3) is 0 Å². The first-order valence-corrected chi connectivity index (χ1v) is 3.09. The number of halogens is 2. The highest BCUT2D eigenvalue weighted by molar-refractivity contribution is 5.85. The van der Waals surface area contributed by atoms with E-state index in [1.165, 1.54) is 7.11 Å². The number of hydrogen-bond acceptors (Lipinski definition) is 3. The molecule has 0 aromatic heterocycles. The van der Waals surface area contributed by atoms with Crippen LogP contribution in [0, 0.1) is 0 Å². The Bertz CT molecular complexity index is 113. The highest BCUT2D eigenvalue weighted by Gasteiger charge is 2.05. The van der Waals surface area contributed by atoms with Crippen LogP contribution in [0.5, 0.6) is 0 Å². The van der Waals surface area contributed by atoms with Gasteiger partial charge in [-0.15, -0.1) is 12.4 Å². The molecule has 5 heteroatoms. The highest BCUT2D eigenvalue weighted by atomic mass is 35.5. The molecule has 68 valence electrons. The summed E-state index contributed by atoms with van der Waals surface area (Å²) in [5, 5.41) is 0. The number of hydrogen-bond donors (Lipinski definition) is 1. The first-order valence-electron chi connectivity index (χ1n) is 3.09. The third-order valence-corrected chi connectivity index (χ3v) is 1.15. The minimum atomic E-state index is -0.586. The molecule has 0 aromatic carbocycles. The Morgan fingerprint density at radius 2 is 2.27 bits per heavy atom. The average molecular weight is 186 g/mol. The number of methoxy groups -OCH3 is 1. The van der Waals surface area contributed by atoms with E-state index in [9.17, 15) is 9.18 Å². The van der Waals surface area contributed by atoms with Gasteiger partial charge in [0.05, 0.1) is 7.11 Å². The molecule has 0 rings (SSSR count). The van der Waals surface area contributed by atoms with Crippen molar-refractivity contribution in [1.82, 2.24) is 0 Å². The van der Waals surface area contributed by atoms with Crippen molar-refractivity contribution in [3.63, 3.8) is 0 Å². The van der Waals surface area contributed by atoms with E-state index in [0.717, 1.165) is 0 Å². The fourth-order valence-corrected chi connectivity index (χ4v) is 0.482. The third kappa shape index (κ3) is 7.55. The Morgan fingerprint density at radius 3 is 2.64 bits per heavy atom. The lowest BCUT2D eigenvalue weighted by Gasteiger charge is -2.03. The molecule has 0 fully saturated rings. The molecular weight excluding hydrogens is 173 g/mol. The van der Waals surface area contributed by atoms with Crippen LogP contribution < -0.4 is 5.73 Å². The quantitative estimate of drug-likeness (QED) is 0.655. The van der Waals surface area contributed by atoms with Gasteiger partial charge in [0.2, 0.25) is 0 Å². The van der Waals surface area contributed by atoms with Gasteiger partial charge in [-0.2, -0.15) is 0 Å². The smallest absolute Gasteiger partial charge is 0.305 e.